The molecule has 1 aromatic carbocycles. The van der Waals surface area contributed by atoms with Gasteiger partial charge in [-0.15, -0.1) is 11.3 Å². The van der Waals surface area contributed by atoms with E-state index in [0.29, 0.717) is 4.88 Å². The third-order valence-electron chi connectivity index (χ3n) is 2.05. The molecule has 0 aliphatic rings. The molecule has 6 heteroatoms. The van der Waals surface area contributed by atoms with Crippen molar-refractivity contribution in [3.05, 3.63) is 55.1 Å². The average Bonchev–Trinajstić information content (AvgIpc) is 2.69. The fourth-order valence-electron chi connectivity index (χ4n) is 1.27. The first-order valence-electron chi connectivity index (χ1n) is 4.43. The summed E-state index contributed by atoms with van der Waals surface area (Å²) in [5, 5.41) is -0.0987. The zero-order valence-corrected chi connectivity index (χ0v) is 11.3. The summed E-state index contributed by atoms with van der Waals surface area (Å²) in [4.78, 5) is 12.4. The zero-order chi connectivity index (χ0) is 12.6. The van der Waals surface area contributed by atoms with Crippen LogP contribution in [0.5, 0.6) is 0 Å². The molecule has 1 nitrogen and oxygen atoms in total. The fraction of sp³-hybridized carbons (Fsp3) is 0. The topological polar surface area (TPSA) is 17.1 Å². The summed E-state index contributed by atoms with van der Waals surface area (Å²) in [6, 6.07) is 4.90. The Kier molecular flexibility index (Phi) is 3.61. The largest absolute Gasteiger partial charge is 0.288 e. The first-order chi connectivity index (χ1) is 7.99. The molecule has 0 aliphatic heterocycles. The van der Waals surface area contributed by atoms with Gasteiger partial charge in [-0.3, -0.25) is 4.79 Å². The second kappa shape index (κ2) is 4.84. The van der Waals surface area contributed by atoms with Crippen molar-refractivity contribution >= 4 is 44.7 Å². The van der Waals surface area contributed by atoms with Crippen LogP contribution < -0.4 is 0 Å². The van der Waals surface area contributed by atoms with Crippen LogP contribution in [-0.4, -0.2) is 5.78 Å². The van der Waals surface area contributed by atoms with Gasteiger partial charge in [0.15, 0.2) is 11.6 Å². The van der Waals surface area contributed by atoms with Gasteiger partial charge in [0.05, 0.1) is 13.7 Å². The molecule has 0 fully saturated rings. The monoisotopic (exact) mass is 336 g/mol. The van der Waals surface area contributed by atoms with Crippen LogP contribution in [0.1, 0.15) is 15.2 Å². The SMILES string of the molecule is O=C(c1ccc(Br)s1)c1cc(F)c(F)cc1Cl. The number of halogens is 4. The Morgan fingerprint density at radius 3 is 2.47 bits per heavy atom. The molecule has 1 aromatic heterocycles. The maximum absolute atomic E-state index is 13.0. The van der Waals surface area contributed by atoms with Crippen molar-refractivity contribution in [2.24, 2.45) is 0 Å². The molecule has 0 unspecified atom stereocenters. The molecule has 0 amide bonds. The highest BCUT2D eigenvalue weighted by Gasteiger charge is 2.17. The fourth-order valence-corrected chi connectivity index (χ4v) is 2.84. The van der Waals surface area contributed by atoms with Crippen LogP contribution in [0.2, 0.25) is 5.02 Å². The van der Waals surface area contributed by atoms with Crippen molar-refractivity contribution in [3.63, 3.8) is 0 Å². The van der Waals surface area contributed by atoms with E-state index < -0.39 is 17.4 Å². The van der Waals surface area contributed by atoms with Crippen LogP contribution >= 0.6 is 38.9 Å². The molecule has 2 rings (SSSR count). The molecule has 0 spiro atoms. The number of ketones is 1. The lowest BCUT2D eigenvalue weighted by Crippen LogP contribution is -2.01. The second-order valence-corrected chi connectivity index (χ2v) is 6.05. The average molecular weight is 338 g/mol. The smallest absolute Gasteiger partial charge is 0.204 e. The number of carbonyl (C=O) groups excluding carboxylic acids is 1. The predicted molar refractivity (Wildman–Crippen MR) is 66.8 cm³/mol. The van der Waals surface area contributed by atoms with Crippen molar-refractivity contribution in [2.75, 3.05) is 0 Å². The van der Waals surface area contributed by atoms with E-state index in [4.69, 9.17) is 11.6 Å². The molecule has 0 atom stereocenters. The van der Waals surface area contributed by atoms with Crippen LogP contribution in [-0.2, 0) is 0 Å². The first-order valence-corrected chi connectivity index (χ1v) is 6.42. The van der Waals surface area contributed by atoms with E-state index in [1.807, 2.05) is 0 Å². The molecule has 0 bridgehead atoms. The highest BCUT2D eigenvalue weighted by Crippen LogP contribution is 2.28. The Morgan fingerprint density at radius 2 is 1.88 bits per heavy atom. The van der Waals surface area contributed by atoms with Gasteiger partial charge in [-0.1, -0.05) is 11.6 Å². The minimum absolute atomic E-state index is 0.0417. The van der Waals surface area contributed by atoms with Gasteiger partial charge in [0.25, 0.3) is 0 Å². The van der Waals surface area contributed by atoms with Crippen molar-refractivity contribution in [2.45, 2.75) is 0 Å². The van der Waals surface area contributed by atoms with E-state index in [1.54, 1.807) is 12.1 Å². The summed E-state index contributed by atoms with van der Waals surface area (Å²) >= 11 is 10.1. The Hall–Kier alpha value is -0.780. The van der Waals surface area contributed by atoms with Gasteiger partial charge < -0.3 is 0 Å². The van der Waals surface area contributed by atoms with Gasteiger partial charge in [0, 0.05) is 5.56 Å². The standard InChI is InChI=1S/C11H4BrClF2OS/c12-10-2-1-9(17-10)11(16)5-3-7(14)8(15)4-6(5)13/h1-4H. The first kappa shape index (κ1) is 12.7. The van der Waals surface area contributed by atoms with E-state index in [2.05, 4.69) is 15.9 Å². The van der Waals surface area contributed by atoms with Crippen LogP contribution in [0.15, 0.2) is 28.1 Å². The number of carbonyl (C=O) groups is 1. The third kappa shape index (κ3) is 2.56. The van der Waals surface area contributed by atoms with Gasteiger partial charge in [-0.25, -0.2) is 8.78 Å². The normalized spacial score (nSPS) is 10.6. The maximum Gasteiger partial charge on any atom is 0.204 e. The predicted octanol–water partition coefficient (Wildman–Crippen LogP) is 4.67. The third-order valence-corrected chi connectivity index (χ3v) is 3.99. The zero-order valence-electron chi connectivity index (χ0n) is 8.14. The molecule has 0 saturated carbocycles. The summed E-state index contributed by atoms with van der Waals surface area (Å²) in [5.41, 5.74) is -0.0417. The van der Waals surface area contributed by atoms with Gasteiger partial charge in [0.2, 0.25) is 5.78 Å². The molecule has 0 saturated heterocycles. The van der Waals surface area contributed by atoms with Crippen molar-refractivity contribution in [1.29, 1.82) is 0 Å². The summed E-state index contributed by atoms with van der Waals surface area (Å²) in [6.07, 6.45) is 0. The lowest BCUT2D eigenvalue weighted by molar-refractivity contribution is 0.104. The number of rotatable bonds is 2. The highest BCUT2D eigenvalue weighted by molar-refractivity contribution is 9.11. The highest BCUT2D eigenvalue weighted by atomic mass is 79.9. The van der Waals surface area contributed by atoms with Crippen molar-refractivity contribution in [3.8, 4) is 0 Å². The number of thiophene rings is 1. The quantitative estimate of drug-likeness (QED) is 0.575. The molecule has 0 N–H and O–H groups in total. The molecule has 2 aromatic rings. The molecule has 0 aliphatic carbocycles. The Morgan fingerprint density at radius 1 is 1.24 bits per heavy atom. The number of benzene rings is 1. The number of hydrogen-bond donors (Lipinski definition) is 0. The van der Waals surface area contributed by atoms with Crippen molar-refractivity contribution < 1.29 is 13.6 Å². The minimum atomic E-state index is -1.09. The molecule has 17 heavy (non-hydrogen) atoms. The van der Waals surface area contributed by atoms with E-state index in [9.17, 15) is 13.6 Å². The van der Waals surface area contributed by atoms with Crippen LogP contribution in [0.4, 0.5) is 8.78 Å². The van der Waals surface area contributed by atoms with Gasteiger partial charge in [-0.05, 0) is 40.2 Å². The van der Waals surface area contributed by atoms with Crippen LogP contribution in [0.25, 0.3) is 0 Å². The van der Waals surface area contributed by atoms with E-state index in [-0.39, 0.29) is 10.6 Å². The molecule has 0 radical (unpaired) electrons. The number of hydrogen-bond acceptors (Lipinski definition) is 2. The van der Waals surface area contributed by atoms with Crippen molar-refractivity contribution in [1.82, 2.24) is 0 Å². The Labute approximate surface area is 113 Å². The summed E-state index contributed by atoms with van der Waals surface area (Å²) in [5.74, 6) is -2.59. The Balaban J connectivity index is 2.47. The van der Waals surface area contributed by atoms with E-state index in [1.165, 1.54) is 11.3 Å². The van der Waals surface area contributed by atoms with Crippen LogP contribution in [0.3, 0.4) is 0 Å². The van der Waals surface area contributed by atoms with Gasteiger partial charge in [-0.2, -0.15) is 0 Å². The van der Waals surface area contributed by atoms with E-state index >= 15 is 0 Å². The van der Waals surface area contributed by atoms with Crippen LogP contribution in [0, 0.1) is 11.6 Å². The summed E-state index contributed by atoms with van der Waals surface area (Å²) in [6.45, 7) is 0. The van der Waals surface area contributed by atoms with E-state index in [0.717, 1.165) is 15.9 Å². The molecular formula is C11H4BrClF2OS. The minimum Gasteiger partial charge on any atom is -0.288 e. The lowest BCUT2D eigenvalue weighted by atomic mass is 10.1. The summed E-state index contributed by atoms with van der Waals surface area (Å²) < 4.78 is 26.7. The molecular weight excluding hydrogens is 334 g/mol. The lowest BCUT2D eigenvalue weighted by Gasteiger charge is -2.02. The molecule has 1 heterocycles. The summed E-state index contributed by atoms with van der Waals surface area (Å²) in [7, 11) is 0. The Bertz CT molecular complexity index is 597. The maximum atomic E-state index is 13.0. The van der Waals surface area contributed by atoms with Gasteiger partial charge >= 0.3 is 0 Å². The second-order valence-electron chi connectivity index (χ2n) is 3.18. The molecule has 88 valence electrons. The van der Waals surface area contributed by atoms with Gasteiger partial charge in [0.1, 0.15) is 0 Å².